The van der Waals surface area contributed by atoms with Crippen LogP contribution in [0, 0.1) is 0 Å². The molecule has 0 atom stereocenters. The molecule has 1 amide bonds. The van der Waals surface area contributed by atoms with Crippen LogP contribution in [-0.4, -0.2) is 20.7 Å². The van der Waals surface area contributed by atoms with Gasteiger partial charge in [0.15, 0.2) is 0 Å². The van der Waals surface area contributed by atoms with E-state index in [1.807, 2.05) is 54.7 Å². The van der Waals surface area contributed by atoms with Crippen LogP contribution in [0.2, 0.25) is 5.02 Å². The van der Waals surface area contributed by atoms with Gasteiger partial charge in [0.05, 0.1) is 22.1 Å². The maximum atomic E-state index is 12.1. The quantitative estimate of drug-likeness (QED) is 0.508. The summed E-state index contributed by atoms with van der Waals surface area (Å²) in [6.45, 7) is 0.399. The minimum absolute atomic E-state index is 0.173. The number of nitrogens with zero attached hydrogens (tertiary/aromatic N) is 3. The summed E-state index contributed by atoms with van der Waals surface area (Å²) in [6.07, 6.45) is 6.84. The van der Waals surface area contributed by atoms with Gasteiger partial charge in [-0.1, -0.05) is 23.7 Å². The first-order valence-corrected chi connectivity index (χ1v) is 9.48. The van der Waals surface area contributed by atoms with Crippen molar-refractivity contribution in [3.63, 3.8) is 0 Å². The molecule has 134 valence electrons. The van der Waals surface area contributed by atoms with Gasteiger partial charge in [0.25, 0.3) is 0 Å². The minimum Gasteiger partial charge on any atom is -0.348 e. The van der Waals surface area contributed by atoms with E-state index < -0.39 is 0 Å². The molecule has 0 saturated heterocycles. The summed E-state index contributed by atoms with van der Waals surface area (Å²) in [5.74, 6) is -0.173. The molecule has 0 fully saturated rings. The van der Waals surface area contributed by atoms with Gasteiger partial charge in [-0.05, 0) is 42.5 Å². The fourth-order valence-corrected chi connectivity index (χ4v) is 3.54. The average Bonchev–Trinajstić information content (AvgIpc) is 3.32. The molecule has 0 spiro atoms. The monoisotopic (exact) mass is 394 g/mol. The summed E-state index contributed by atoms with van der Waals surface area (Å²) in [6, 6.07) is 15.3. The van der Waals surface area contributed by atoms with Crippen LogP contribution in [0.25, 0.3) is 22.0 Å². The van der Waals surface area contributed by atoms with Gasteiger partial charge in [-0.15, -0.1) is 11.3 Å². The molecule has 2 aromatic heterocycles. The summed E-state index contributed by atoms with van der Waals surface area (Å²) < 4.78 is 2.85. The van der Waals surface area contributed by atoms with E-state index in [1.54, 1.807) is 28.3 Å². The van der Waals surface area contributed by atoms with E-state index in [-0.39, 0.29) is 5.91 Å². The maximum Gasteiger partial charge on any atom is 0.244 e. The maximum absolute atomic E-state index is 12.1. The van der Waals surface area contributed by atoms with Crippen molar-refractivity contribution in [2.24, 2.45) is 0 Å². The second kappa shape index (κ2) is 7.73. The van der Waals surface area contributed by atoms with Gasteiger partial charge < -0.3 is 5.32 Å². The number of amides is 1. The highest BCUT2D eigenvalue weighted by molar-refractivity contribution is 7.19. The Morgan fingerprint density at radius 1 is 1.19 bits per heavy atom. The summed E-state index contributed by atoms with van der Waals surface area (Å²) >= 11 is 7.45. The lowest BCUT2D eigenvalue weighted by molar-refractivity contribution is -0.116. The van der Waals surface area contributed by atoms with Gasteiger partial charge in [0.1, 0.15) is 5.01 Å². The third-order valence-electron chi connectivity index (χ3n) is 3.88. The first-order chi connectivity index (χ1) is 13.2. The van der Waals surface area contributed by atoms with E-state index in [0.717, 1.165) is 26.5 Å². The molecular formula is C20H15ClN4OS. The molecule has 0 aliphatic heterocycles. The molecule has 5 nitrogen and oxygen atoms in total. The zero-order valence-electron chi connectivity index (χ0n) is 14.2. The fraction of sp³-hybridized carbons (Fsp3) is 0.0500. The Kier molecular flexibility index (Phi) is 5.00. The molecule has 0 saturated carbocycles. The number of aromatic nitrogens is 3. The first-order valence-electron chi connectivity index (χ1n) is 8.28. The van der Waals surface area contributed by atoms with Crippen LogP contribution in [-0.2, 0) is 11.3 Å². The number of rotatable bonds is 5. The molecule has 0 aliphatic carbocycles. The molecule has 7 heteroatoms. The molecule has 4 rings (SSSR count). The van der Waals surface area contributed by atoms with Crippen LogP contribution < -0.4 is 5.32 Å². The third-order valence-corrected chi connectivity index (χ3v) is 5.14. The zero-order chi connectivity index (χ0) is 18.6. The number of carbonyl (C=O) groups is 1. The largest absolute Gasteiger partial charge is 0.348 e. The highest BCUT2D eigenvalue weighted by atomic mass is 35.5. The summed E-state index contributed by atoms with van der Waals surface area (Å²) in [4.78, 5) is 16.5. The van der Waals surface area contributed by atoms with Crippen molar-refractivity contribution in [1.29, 1.82) is 0 Å². The number of benzene rings is 2. The van der Waals surface area contributed by atoms with E-state index in [2.05, 4.69) is 15.4 Å². The van der Waals surface area contributed by atoms with Crippen molar-refractivity contribution in [3.05, 3.63) is 82.6 Å². The van der Waals surface area contributed by atoms with E-state index in [1.165, 1.54) is 6.08 Å². The Morgan fingerprint density at radius 2 is 2.00 bits per heavy atom. The first kappa shape index (κ1) is 17.5. The smallest absolute Gasteiger partial charge is 0.244 e. The lowest BCUT2D eigenvalue weighted by Crippen LogP contribution is -2.19. The van der Waals surface area contributed by atoms with E-state index in [9.17, 15) is 4.79 Å². The zero-order valence-corrected chi connectivity index (χ0v) is 15.7. The summed E-state index contributed by atoms with van der Waals surface area (Å²) in [5, 5.41) is 8.65. The van der Waals surface area contributed by atoms with Crippen LogP contribution in [0.5, 0.6) is 0 Å². The number of fused-ring (bicyclic) bond motifs is 1. The van der Waals surface area contributed by atoms with Gasteiger partial charge in [0, 0.05) is 29.4 Å². The summed E-state index contributed by atoms with van der Waals surface area (Å²) in [5.41, 5.74) is 2.76. The number of hydrogen-bond acceptors (Lipinski definition) is 4. The lowest BCUT2D eigenvalue weighted by atomic mass is 10.3. The summed E-state index contributed by atoms with van der Waals surface area (Å²) in [7, 11) is 0. The van der Waals surface area contributed by atoms with Gasteiger partial charge >= 0.3 is 0 Å². The minimum atomic E-state index is -0.173. The third kappa shape index (κ3) is 4.24. The average molecular weight is 395 g/mol. The normalized spacial score (nSPS) is 11.3. The number of nitrogens with one attached hydrogen (secondary N) is 1. The Balaban J connectivity index is 1.35. The molecule has 0 radical (unpaired) electrons. The Morgan fingerprint density at radius 3 is 2.81 bits per heavy atom. The van der Waals surface area contributed by atoms with Crippen LogP contribution in [0.1, 0.15) is 10.6 Å². The van der Waals surface area contributed by atoms with Gasteiger partial charge in [0.2, 0.25) is 5.91 Å². The molecule has 2 aromatic carbocycles. The van der Waals surface area contributed by atoms with Crippen molar-refractivity contribution in [3.8, 4) is 5.69 Å². The van der Waals surface area contributed by atoms with E-state index >= 15 is 0 Å². The molecule has 27 heavy (non-hydrogen) atoms. The van der Waals surface area contributed by atoms with Crippen molar-refractivity contribution in [2.75, 3.05) is 0 Å². The van der Waals surface area contributed by atoms with Gasteiger partial charge in [-0.2, -0.15) is 5.10 Å². The van der Waals surface area contributed by atoms with E-state index in [0.29, 0.717) is 11.6 Å². The Labute approximate surface area is 164 Å². The lowest BCUT2D eigenvalue weighted by Gasteiger charge is -2.01. The van der Waals surface area contributed by atoms with Crippen molar-refractivity contribution < 1.29 is 4.79 Å². The van der Waals surface area contributed by atoms with Gasteiger partial charge in [-0.25, -0.2) is 9.67 Å². The Hall–Kier alpha value is -2.96. The molecule has 2 heterocycles. The molecule has 0 aliphatic rings. The number of carbonyl (C=O) groups excluding carboxylic acids is 1. The number of halogens is 1. The van der Waals surface area contributed by atoms with Crippen molar-refractivity contribution in [1.82, 2.24) is 20.1 Å². The van der Waals surface area contributed by atoms with Crippen LogP contribution in [0.3, 0.4) is 0 Å². The van der Waals surface area contributed by atoms with Crippen LogP contribution >= 0.6 is 22.9 Å². The SMILES string of the molecule is O=C(/C=C/c1nc2ccccc2s1)NCc1cnn(-c2ccc(Cl)cc2)c1. The predicted molar refractivity (Wildman–Crippen MR) is 109 cm³/mol. The van der Waals surface area contributed by atoms with Gasteiger partial charge in [-0.3, -0.25) is 4.79 Å². The Bertz CT molecular complexity index is 1080. The second-order valence-corrected chi connectivity index (χ2v) is 7.34. The molecule has 4 aromatic rings. The highest BCUT2D eigenvalue weighted by Gasteiger charge is 2.04. The molecule has 0 unspecified atom stereocenters. The number of thiazole rings is 1. The standard InChI is InChI=1S/C20H15ClN4OS/c21-15-5-7-16(8-6-15)25-13-14(12-23-25)11-22-19(26)9-10-20-24-17-3-1-2-4-18(17)27-20/h1-10,12-13H,11H2,(H,22,26)/b10-9+. The van der Waals surface area contributed by atoms with Crippen LogP contribution in [0.15, 0.2) is 67.0 Å². The predicted octanol–water partition coefficient (Wildman–Crippen LogP) is 4.47. The van der Waals surface area contributed by atoms with Crippen molar-refractivity contribution >= 4 is 45.1 Å². The second-order valence-electron chi connectivity index (χ2n) is 5.84. The molecule has 1 N–H and O–H groups in total. The molecule has 0 bridgehead atoms. The number of para-hydroxylation sites is 1. The van der Waals surface area contributed by atoms with E-state index in [4.69, 9.17) is 11.6 Å². The molecular weight excluding hydrogens is 380 g/mol. The van der Waals surface area contributed by atoms with Crippen LogP contribution in [0.4, 0.5) is 0 Å². The highest BCUT2D eigenvalue weighted by Crippen LogP contribution is 2.22. The number of hydrogen-bond donors (Lipinski definition) is 1. The fourth-order valence-electron chi connectivity index (χ4n) is 2.54. The van der Waals surface area contributed by atoms with Crippen molar-refractivity contribution in [2.45, 2.75) is 6.54 Å². The topological polar surface area (TPSA) is 59.8 Å².